The lowest BCUT2D eigenvalue weighted by molar-refractivity contribution is -0.130. The molecule has 38 heavy (non-hydrogen) atoms. The van der Waals surface area contributed by atoms with Gasteiger partial charge in [-0.25, -0.2) is 4.98 Å². The highest BCUT2D eigenvalue weighted by Gasteiger charge is 2.59. The van der Waals surface area contributed by atoms with Crippen LogP contribution in [0, 0.1) is 0 Å². The monoisotopic (exact) mass is 505 g/mol. The lowest BCUT2D eigenvalue weighted by atomic mass is 9.69. The molecule has 2 aliphatic heterocycles. The largest absolute Gasteiger partial charge is 0.462 e. The molecule has 3 aromatic carbocycles. The average molecular weight is 506 g/mol. The van der Waals surface area contributed by atoms with Crippen LogP contribution >= 0.6 is 0 Å². The Bertz CT molecular complexity index is 1770. The number of Topliss-reactive ketones (excluding diaryl/α,β-unsaturated/α-hetero) is 1. The normalized spacial score (nSPS) is 20.8. The SMILES string of the molecule is CO/N=C1/C(=O)[C@]2(c3ccccc3)c3cccc(c3O[C@@H]2OC)-c2cccc3c2c(cn3C)-c2cnc1o2. The molecule has 2 atom stereocenters. The highest BCUT2D eigenvalue weighted by atomic mass is 16.7. The molecule has 0 saturated heterocycles. The highest BCUT2D eigenvalue weighted by molar-refractivity contribution is 6.48. The maximum absolute atomic E-state index is 14.8. The van der Waals surface area contributed by atoms with Gasteiger partial charge in [0.1, 0.15) is 12.9 Å². The number of benzene rings is 3. The van der Waals surface area contributed by atoms with E-state index in [1.807, 2.05) is 72.4 Å². The van der Waals surface area contributed by atoms with Crippen molar-refractivity contribution >= 4 is 22.4 Å². The molecule has 0 unspecified atom stereocenters. The summed E-state index contributed by atoms with van der Waals surface area (Å²) in [6.07, 6.45) is 2.63. The number of hydrogen-bond acceptors (Lipinski definition) is 7. The van der Waals surface area contributed by atoms with Crippen LogP contribution in [0.25, 0.3) is 33.4 Å². The van der Waals surface area contributed by atoms with Crippen molar-refractivity contribution in [1.29, 1.82) is 0 Å². The Morgan fingerprint density at radius 1 is 0.974 bits per heavy atom. The number of aryl methyl sites for hydroxylation is 1. The van der Waals surface area contributed by atoms with Crippen LogP contribution in [0.2, 0.25) is 0 Å². The van der Waals surface area contributed by atoms with Gasteiger partial charge in [0.25, 0.3) is 5.89 Å². The van der Waals surface area contributed by atoms with E-state index in [9.17, 15) is 4.79 Å². The van der Waals surface area contributed by atoms with E-state index < -0.39 is 17.5 Å². The fraction of sp³-hybridized carbons (Fsp3) is 0.167. The molecule has 0 N–H and O–H groups in total. The van der Waals surface area contributed by atoms with E-state index in [1.54, 1.807) is 6.20 Å². The number of fused-ring (bicyclic) bond motifs is 4. The number of hydrogen-bond donors (Lipinski definition) is 0. The number of carbonyl (C=O) groups excluding carboxylic acids is 1. The van der Waals surface area contributed by atoms with Gasteiger partial charge in [0.15, 0.2) is 11.2 Å². The number of carbonyl (C=O) groups is 1. The maximum atomic E-state index is 14.8. The van der Waals surface area contributed by atoms with E-state index in [-0.39, 0.29) is 11.6 Å². The average Bonchev–Trinajstić information content (AvgIpc) is 3.66. The highest BCUT2D eigenvalue weighted by Crippen LogP contribution is 2.54. The molecular weight excluding hydrogens is 482 g/mol. The molecule has 0 spiro atoms. The van der Waals surface area contributed by atoms with Crippen LogP contribution in [0.1, 0.15) is 17.0 Å². The molecule has 7 rings (SSSR count). The van der Waals surface area contributed by atoms with Crippen molar-refractivity contribution in [2.75, 3.05) is 14.2 Å². The molecule has 2 aliphatic rings. The Labute approximate surface area is 218 Å². The van der Waals surface area contributed by atoms with Gasteiger partial charge in [-0.1, -0.05) is 65.8 Å². The first-order chi connectivity index (χ1) is 18.6. The van der Waals surface area contributed by atoms with Crippen molar-refractivity contribution in [1.82, 2.24) is 9.55 Å². The third-order valence-electron chi connectivity index (χ3n) is 7.50. The molecule has 0 radical (unpaired) electrons. The van der Waals surface area contributed by atoms with Crippen molar-refractivity contribution in [3.8, 4) is 28.2 Å². The molecule has 4 heterocycles. The summed E-state index contributed by atoms with van der Waals surface area (Å²) in [6.45, 7) is 0. The minimum absolute atomic E-state index is 0.0525. The topological polar surface area (TPSA) is 88.1 Å². The summed E-state index contributed by atoms with van der Waals surface area (Å²) in [6, 6.07) is 21.4. The predicted octanol–water partition coefficient (Wildman–Crippen LogP) is 5.08. The van der Waals surface area contributed by atoms with Crippen LogP contribution in [0.15, 0.2) is 88.7 Å². The van der Waals surface area contributed by atoms with Gasteiger partial charge in [-0.05, 0) is 17.2 Å². The molecule has 6 bridgehead atoms. The first kappa shape index (κ1) is 22.5. The third-order valence-corrected chi connectivity index (χ3v) is 7.50. The molecule has 0 fully saturated rings. The van der Waals surface area contributed by atoms with Gasteiger partial charge < -0.3 is 23.3 Å². The van der Waals surface area contributed by atoms with E-state index in [2.05, 4.69) is 22.3 Å². The minimum Gasteiger partial charge on any atom is -0.462 e. The number of methoxy groups -OCH3 is 1. The first-order valence-electron chi connectivity index (χ1n) is 12.2. The molecule has 0 saturated carbocycles. The van der Waals surface area contributed by atoms with Crippen molar-refractivity contribution in [2.24, 2.45) is 12.2 Å². The second-order valence-corrected chi connectivity index (χ2v) is 9.38. The quantitative estimate of drug-likeness (QED) is 0.318. The van der Waals surface area contributed by atoms with Crippen LogP contribution in [0.4, 0.5) is 0 Å². The van der Waals surface area contributed by atoms with E-state index in [4.69, 9.17) is 18.7 Å². The molecule has 188 valence electrons. The maximum Gasteiger partial charge on any atom is 0.252 e. The zero-order chi connectivity index (χ0) is 26.0. The number of oxime groups is 1. The fourth-order valence-corrected chi connectivity index (χ4v) is 5.91. The Morgan fingerprint density at radius 2 is 1.76 bits per heavy atom. The van der Waals surface area contributed by atoms with Crippen molar-refractivity contribution in [3.05, 3.63) is 96.1 Å². The Morgan fingerprint density at radius 3 is 2.55 bits per heavy atom. The van der Waals surface area contributed by atoms with Crippen LogP contribution in [-0.4, -0.2) is 41.6 Å². The number of aromatic nitrogens is 2. The summed E-state index contributed by atoms with van der Waals surface area (Å²) in [5.41, 5.74) is 3.55. The smallest absolute Gasteiger partial charge is 0.252 e. The Kier molecular flexibility index (Phi) is 4.83. The Balaban J connectivity index is 1.69. The number of nitrogens with zero attached hydrogens (tertiary/aromatic N) is 3. The number of rotatable bonds is 3. The Hall–Kier alpha value is -4.69. The lowest BCUT2D eigenvalue weighted by Crippen LogP contribution is -2.50. The predicted molar refractivity (Wildman–Crippen MR) is 141 cm³/mol. The molecular formula is C30H23N3O5. The number of oxazole rings is 1. The zero-order valence-corrected chi connectivity index (χ0v) is 21.0. The van der Waals surface area contributed by atoms with Gasteiger partial charge in [0, 0.05) is 47.9 Å². The summed E-state index contributed by atoms with van der Waals surface area (Å²) in [5.74, 6) is 0.743. The second kappa shape index (κ2) is 8.16. The van der Waals surface area contributed by atoms with Gasteiger partial charge in [-0.15, -0.1) is 0 Å². The van der Waals surface area contributed by atoms with Gasteiger partial charge in [0.2, 0.25) is 17.8 Å². The van der Waals surface area contributed by atoms with E-state index in [1.165, 1.54) is 14.2 Å². The van der Waals surface area contributed by atoms with Crippen molar-refractivity contribution in [2.45, 2.75) is 11.7 Å². The number of ketones is 1. The van der Waals surface area contributed by atoms with Crippen LogP contribution in [-0.2, 0) is 26.8 Å². The second-order valence-electron chi connectivity index (χ2n) is 9.38. The summed E-state index contributed by atoms with van der Waals surface area (Å²) in [4.78, 5) is 24.4. The van der Waals surface area contributed by atoms with E-state index in [0.717, 1.165) is 27.6 Å². The standard InChI is InChI=1S/C30H23N3O5/c1-33-16-20-23-15-31-28(37-23)25(32-36-3)27(34)30(17-9-5-4-6-10-17)21-13-7-12-19(26(21)38-29(30)35-2)18-11-8-14-22(33)24(18)20/h4-16,29H,1-3H3/b32-25-/t29-,30-/m0/s1. The summed E-state index contributed by atoms with van der Waals surface area (Å²) in [7, 11) is 4.91. The van der Waals surface area contributed by atoms with Crippen LogP contribution in [0.3, 0.4) is 0 Å². The molecule has 5 aromatic rings. The number of ether oxygens (including phenoxy) is 2. The first-order valence-corrected chi connectivity index (χ1v) is 12.2. The summed E-state index contributed by atoms with van der Waals surface area (Å²) >= 11 is 0. The number of para-hydroxylation sites is 1. The summed E-state index contributed by atoms with van der Waals surface area (Å²) < 4.78 is 20.8. The zero-order valence-electron chi connectivity index (χ0n) is 21.0. The van der Waals surface area contributed by atoms with E-state index >= 15 is 0 Å². The van der Waals surface area contributed by atoms with Crippen LogP contribution < -0.4 is 4.74 Å². The molecule has 2 aromatic heterocycles. The van der Waals surface area contributed by atoms with Crippen molar-refractivity contribution in [3.63, 3.8) is 0 Å². The third kappa shape index (κ3) is 2.80. The minimum atomic E-state index is -1.40. The van der Waals surface area contributed by atoms with Gasteiger partial charge in [-0.2, -0.15) is 0 Å². The van der Waals surface area contributed by atoms with Gasteiger partial charge >= 0.3 is 0 Å². The molecule has 0 amide bonds. The van der Waals surface area contributed by atoms with Gasteiger partial charge in [-0.3, -0.25) is 4.79 Å². The molecule has 8 nitrogen and oxygen atoms in total. The fourth-order valence-electron chi connectivity index (χ4n) is 5.91. The summed E-state index contributed by atoms with van der Waals surface area (Å²) in [5, 5.41) is 5.12. The van der Waals surface area contributed by atoms with Crippen molar-refractivity contribution < 1.29 is 23.5 Å². The molecule has 0 aliphatic carbocycles. The van der Waals surface area contributed by atoms with E-state index in [0.29, 0.717) is 22.6 Å². The van der Waals surface area contributed by atoms with Crippen LogP contribution in [0.5, 0.6) is 5.75 Å². The van der Waals surface area contributed by atoms with Gasteiger partial charge in [0.05, 0.1) is 6.20 Å². The molecule has 8 heteroatoms. The lowest BCUT2D eigenvalue weighted by Gasteiger charge is -2.32.